The minimum absolute atomic E-state index is 0. The summed E-state index contributed by atoms with van der Waals surface area (Å²) in [4.78, 5) is 25.1. The van der Waals surface area contributed by atoms with Crippen molar-refractivity contribution in [3.8, 4) is 0 Å². The molecule has 0 spiro atoms. The van der Waals surface area contributed by atoms with Gasteiger partial charge in [0, 0.05) is 65.0 Å². The summed E-state index contributed by atoms with van der Waals surface area (Å²) < 4.78 is 0. The maximum Gasteiger partial charge on any atom is 0.143 e. The van der Waals surface area contributed by atoms with Gasteiger partial charge in [-0.2, -0.15) is 60.7 Å². The zero-order chi connectivity index (χ0) is 21.9. The van der Waals surface area contributed by atoms with Crippen LogP contribution in [0.3, 0.4) is 0 Å². The molecular formula is C24H21ClIr2N8-4. The number of benzene rings is 2. The smallest absolute Gasteiger partial charge is 0.143 e. The molecule has 0 unspecified atom stereocenters. The molecule has 186 valence electrons. The van der Waals surface area contributed by atoms with E-state index in [1.54, 1.807) is 24.8 Å². The molecule has 2 aliphatic rings. The SMILES string of the molecule is CN1[CH-]N(c2[c-]cccc2)c2nccnc21.CN1[CH-]N(c2[c-]cccc2)c2nccnc21.Cl.[Ir].[Ir]. The van der Waals surface area contributed by atoms with E-state index >= 15 is 0 Å². The Morgan fingerprint density at radius 2 is 0.971 bits per heavy atom. The number of aromatic nitrogens is 4. The molecule has 4 aromatic rings. The van der Waals surface area contributed by atoms with Gasteiger partial charge in [-0.3, -0.25) is 0 Å². The summed E-state index contributed by atoms with van der Waals surface area (Å²) in [5, 5.41) is 0. The number of anilines is 6. The van der Waals surface area contributed by atoms with Crippen molar-refractivity contribution in [3.05, 3.63) is 98.8 Å². The predicted molar refractivity (Wildman–Crippen MR) is 132 cm³/mol. The van der Waals surface area contributed by atoms with Gasteiger partial charge in [0.2, 0.25) is 0 Å². The summed E-state index contributed by atoms with van der Waals surface area (Å²) in [6, 6.07) is 22.0. The number of fused-ring (bicyclic) bond motifs is 2. The second kappa shape index (κ2) is 12.9. The minimum atomic E-state index is 0. The van der Waals surface area contributed by atoms with Gasteiger partial charge in [-0.1, -0.05) is 0 Å². The van der Waals surface area contributed by atoms with Crippen LogP contribution in [-0.4, -0.2) is 34.0 Å². The van der Waals surface area contributed by atoms with Crippen molar-refractivity contribution in [2.24, 2.45) is 0 Å². The predicted octanol–water partition coefficient (Wildman–Crippen LogP) is 4.38. The first-order valence-corrected chi connectivity index (χ1v) is 10.0. The van der Waals surface area contributed by atoms with Gasteiger partial charge in [0.25, 0.3) is 0 Å². The number of rotatable bonds is 2. The molecule has 6 rings (SSSR count). The van der Waals surface area contributed by atoms with Crippen LogP contribution in [-0.2, 0) is 40.2 Å². The molecule has 2 aromatic carbocycles. The van der Waals surface area contributed by atoms with Crippen LogP contribution >= 0.6 is 12.4 Å². The number of hydrogen-bond acceptors (Lipinski definition) is 8. The van der Waals surface area contributed by atoms with Crippen LogP contribution in [0, 0.1) is 25.5 Å². The topological polar surface area (TPSA) is 64.5 Å². The van der Waals surface area contributed by atoms with E-state index in [-0.39, 0.29) is 52.6 Å². The molecule has 35 heavy (non-hydrogen) atoms. The summed E-state index contributed by atoms with van der Waals surface area (Å²) in [5.74, 6) is 3.40. The Labute approximate surface area is 238 Å². The van der Waals surface area contributed by atoms with E-state index in [1.807, 2.05) is 95.6 Å². The van der Waals surface area contributed by atoms with Gasteiger partial charge in [0.1, 0.15) is 23.3 Å². The third-order valence-corrected chi connectivity index (χ3v) is 4.93. The number of para-hydroxylation sites is 2. The van der Waals surface area contributed by atoms with Crippen LogP contribution in [0.25, 0.3) is 0 Å². The molecule has 0 bridgehead atoms. The molecule has 0 saturated heterocycles. The number of halogens is 1. The summed E-state index contributed by atoms with van der Waals surface area (Å²) in [5.41, 5.74) is 1.93. The van der Waals surface area contributed by atoms with Crippen molar-refractivity contribution in [1.29, 1.82) is 0 Å². The van der Waals surface area contributed by atoms with Crippen LogP contribution in [0.1, 0.15) is 0 Å². The summed E-state index contributed by atoms with van der Waals surface area (Å²) in [7, 11) is 3.91. The van der Waals surface area contributed by atoms with Crippen molar-refractivity contribution in [3.63, 3.8) is 0 Å². The average molecular weight is 841 g/mol. The van der Waals surface area contributed by atoms with E-state index in [0.29, 0.717) is 0 Å². The van der Waals surface area contributed by atoms with Gasteiger partial charge in [0.15, 0.2) is 0 Å². The molecule has 2 aliphatic heterocycles. The normalized spacial score (nSPS) is 12.9. The maximum atomic E-state index is 4.34. The van der Waals surface area contributed by atoms with E-state index in [9.17, 15) is 0 Å². The Morgan fingerprint density at radius 3 is 1.31 bits per heavy atom. The molecule has 0 amide bonds. The van der Waals surface area contributed by atoms with Crippen LogP contribution < -0.4 is 19.6 Å². The summed E-state index contributed by atoms with van der Waals surface area (Å²) >= 11 is 0. The molecule has 8 nitrogen and oxygen atoms in total. The van der Waals surface area contributed by atoms with Crippen molar-refractivity contribution >= 4 is 47.1 Å². The Balaban J connectivity index is 0.000000227. The van der Waals surface area contributed by atoms with E-state index in [1.165, 1.54) is 0 Å². The third kappa shape index (κ3) is 5.97. The Hall–Kier alpha value is -2.61. The monoisotopic (exact) mass is 842 g/mol. The average Bonchev–Trinajstić information content (AvgIpc) is 3.38. The second-order valence-corrected chi connectivity index (χ2v) is 7.10. The molecular weight excluding hydrogens is 820 g/mol. The zero-order valence-corrected chi connectivity index (χ0v) is 24.3. The Bertz CT molecular complexity index is 1110. The van der Waals surface area contributed by atoms with E-state index in [4.69, 9.17) is 0 Å². The quantitative estimate of drug-likeness (QED) is 0.276. The summed E-state index contributed by atoms with van der Waals surface area (Å²) in [6.45, 7) is 3.91. The van der Waals surface area contributed by atoms with Crippen molar-refractivity contribution in [1.82, 2.24) is 19.9 Å². The van der Waals surface area contributed by atoms with E-state index in [2.05, 4.69) is 32.1 Å². The fourth-order valence-electron chi connectivity index (χ4n) is 3.47. The van der Waals surface area contributed by atoms with E-state index in [0.717, 1.165) is 34.6 Å². The molecule has 2 aromatic heterocycles. The first kappa shape index (κ1) is 28.6. The third-order valence-electron chi connectivity index (χ3n) is 4.93. The van der Waals surface area contributed by atoms with Crippen LogP contribution in [0.4, 0.5) is 34.6 Å². The number of hydrogen-bond donors (Lipinski definition) is 0. The first-order chi connectivity index (χ1) is 15.7. The first-order valence-electron chi connectivity index (χ1n) is 10.0. The molecule has 4 heterocycles. The summed E-state index contributed by atoms with van der Waals surface area (Å²) in [6.07, 6.45) is 6.78. The minimum Gasteiger partial charge on any atom is -0.487 e. The molecule has 0 atom stereocenters. The zero-order valence-electron chi connectivity index (χ0n) is 18.7. The fourth-order valence-corrected chi connectivity index (χ4v) is 3.47. The van der Waals surface area contributed by atoms with Crippen molar-refractivity contribution in [2.45, 2.75) is 0 Å². The van der Waals surface area contributed by atoms with Gasteiger partial charge in [-0.05, 0) is 14.1 Å². The standard InChI is InChI=1S/2C12H10N4.ClH.2Ir/c2*1-15-9-16(10-5-3-2-4-6-10)12-11(15)13-7-8-14-12;;;/h2*2-5,7-9H,1H3;1H;;/q2*-2;;;. The van der Waals surface area contributed by atoms with Crippen LogP contribution in [0.2, 0.25) is 0 Å². The van der Waals surface area contributed by atoms with Gasteiger partial charge >= 0.3 is 0 Å². The van der Waals surface area contributed by atoms with Gasteiger partial charge in [-0.25, -0.2) is 19.9 Å². The maximum absolute atomic E-state index is 4.34. The molecule has 0 fully saturated rings. The van der Waals surface area contributed by atoms with Gasteiger partial charge in [0.05, 0.1) is 0 Å². The van der Waals surface area contributed by atoms with Gasteiger partial charge < -0.3 is 19.6 Å². The van der Waals surface area contributed by atoms with Crippen molar-refractivity contribution < 1.29 is 40.2 Å². The molecule has 0 N–H and O–H groups in total. The van der Waals surface area contributed by atoms with Gasteiger partial charge in [-0.15, -0.1) is 37.1 Å². The molecule has 0 saturated carbocycles. The fraction of sp³-hybridized carbons (Fsp3) is 0.0833. The largest absolute Gasteiger partial charge is 0.487 e. The Kier molecular flexibility index (Phi) is 10.6. The molecule has 2 radical (unpaired) electrons. The number of nitrogens with zero attached hydrogens (tertiary/aromatic N) is 8. The molecule has 0 aliphatic carbocycles. The Morgan fingerprint density at radius 1 is 0.600 bits per heavy atom. The van der Waals surface area contributed by atoms with Crippen LogP contribution in [0.15, 0.2) is 73.3 Å². The van der Waals surface area contributed by atoms with E-state index < -0.39 is 0 Å². The molecule has 11 heteroatoms. The van der Waals surface area contributed by atoms with Crippen LogP contribution in [0.5, 0.6) is 0 Å². The van der Waals surface area contributed by atoms with Crippen molar-refractivity contribution in [2.75, 3.05) is 33.7 Å². The second-order valence-electron chi connectivity index (χ2n) is 7.10.